The minimum Gasteiger partial charge on any atom is -0.393 e. The highest BCUT2D eigenvalue weighted by molar-refractivity contribution is 4.56. The summed E-state index contributed by atoms with van der Waals surface area (Å²) in [5.41, 5.74) is 4.41. The molecule has 0 heterocycles. The molecule has 4 N–H and O–H groups in total. The fraction of sp³-hybridized carbons (Fsp3) is 1.00. The summed E-state index contributed by atoms with van der Waals surface area (Å²) < 4.78 is 0. The van der Waals surface area contributed by atoms with Crippen LogP contribution in [0.25, 0.3) is 0 Å². The van der Waals surface area contributed by atoms with E-state index in [1.165, 1.54) is 0 Å². The van der Waals surface area contributed by atoms with Crippen LogP contribution in [-0.2, 0) is 0 Å². The third-order valence-corrected chi connectivity index (χ3v) is 0.918. The number of nitrogens with zero attached hydrogens (tertiary/aromatic N) is 1. The van der Waals surface area contributed by atoms with E-state index in [1.54, 1.807) is 0 Å². The molecule has 0 saturated carbocycles. The second-order valence-electron chi connectivity index (χ2n) is 1.64. The Labute approximate surface area is 58.9 Å². The largest absolute Gasteiger partial charge is 0.393 e. The molecule has 60 valence electrons. The van der Waals surface area contributed by atoms with Crippen molar-refractivity contribution in [2.75, 3.05) is 13.2 Å². The molecule has 1 unspecified atom stereocenters. The number of likely N-dealkylation sites (N-methyl/N-ethyl adjacent to an activating group) is 1. The van der Waals surface area contributed by atoms with Gasteiger partial charge in [0.25, 0.3) is 0 Å². The summed E-state index contributed by atoms with van der Waals surface area (Å²) >= 11 is 0. The van der Waals surface area contributed by atoms with Gasteiger partial charge in [-0.25, -0.2) is 5.53 Å². The van der Waals surface area contributed by atoms with Gasteiger partial charge in [0.15, 0.2) is 0 Å². The van der Waals surface area contributed by atoms with Crippen molar-refractivity contribution >= 4 is 0 Å². The quantitative estimate of drug-likeness (QED) is 0.213. The molecule has 6 heteroatoms. The topological polar surface area (TPSA) is 85.8 Å². The van der Waals surface area contributed by atoms with Gasteiger partial charge in [0, 0.05) is 0 Å². The Morgan fingerprint density at radius 3 is 2.80 bits per heavy atom. The van der Waals surface area contributed by atoms with Crippen molar-refractivity contribution in [3.8, 4) is 0 Å². The van der Waals surface area contributed by atoms with Crippen LogP contribution < -0.4 is 16.3 Å². The number of hydrogen-bond acceptors (Lipinski definition) is 5. The Balaban J connectivity index is 3.29. The average molecular weight is 148 g/mol. The summed E-state index contributed by atoms with van der Waals surface area (Å²) in [4.78, 5) is 9.50. The highest BCUT2D eigenvalue weighted by Crippen LogP contribution is 1.70. The first-order chi connectivity index (χ1) is 4.85. The third kappa shape index (κ3) is 4.19. The SMILES string of the molecule is CCNC(CO)NNN=O. The Morgan fingerprint density at radius 1 is 1.70 bits per heavy atom. The maximum atomic E-state index is 9.50. The Bertz CT molecular complexity index is 89.3. The minimum atomic E-state index is -0.331. The molecule has 0 saturated heterocycles. The van der Waals surface area contributed by atoms with Gasteiger partial charge in [0.1, 0.15) is 6.17 Å². The highest BCUT2D eigenvalue weighted by Gasteiger charge is 2.01. The van der Waals surface area contributed by atoms with Gasteiger partial charge in [-0.1, -0.05) is 6.92 Å². The molecule has 0 aromatic rings. The van der Waals surface area contributed by atoms with E-state index in [0.29, 0.717) is 6.54 Å². The molecule has 0 amide bonds. The summed E-state index contributed by atoms with van der Waals surface area (Å²) in [6.07, 6.45) is -0.331. The monoisotopic (exact) mass is 148 g/mol. The van der Waals surface area contributed by atoms with Crippen molar-refractivity contribution in [1.29, 1.82) is 0 Å². The van der Waals surface area contributed by atoms with Gasteiger partial charge in [0.05, 0.1) is 11.9 Å². The lowest BCUT2D eigenvalue weighted by Gasteiger charge is -2.13. The second kappa shape index (κ2) is 6.40. The van der Waals surface area contributed by atoms with Crippen LogP contribution in [0, 0.1) is 4.91 Å². The van der Waals surface area contributed by atoms with Crippen molar-refractivity contribution in [2.24, 2.45) is 5.29 Å². The van der Waals surface area contributed by atoms with Crippen LogP contribution in [0.4, 0.5) is 0 Å². The van der Waals surface area contributed by atoms with E-state index in [9.17, 15) is 4.91 Å². The van der Waals surface area contributed by atoms with Crippen molar-refractivity contribution < 1.29 is 5.11 Å². The molecule has 0 aromatic carbocycles. The van der Waals surface area contributed by atoms with Crippen molar-refractivity contribution in [2.45, 2.75) is 13.1 Å². The predicted molar refractivity (Wildman–Crippen MR) is 36.6 cm³/mol. The van der Waals surface area contributed by atoms with Gasteiger partial charge >= 0.3 is 0 Å². The summed E-state index contributed by atoms with van der Waals surface area (Å²) in [6.45, 7) is 2.49. The van der Waals surface area contributed by atoms with E-state index in [1.807, 2.05) is 12.5 Å². The zero-order chi connectivity index (χ0) is 7.82. The van der Waals surface area contributed by atoms with Crippen LogP contribution in [0.2, 0.25) is 0 Å². The number of rotatable bonds is 6. The molecular weight excluding hydrogens is 136 g/mol. The molecule has 1 atom stereocenters. The van der Waals surface area contributed by atoms with E-state index in [-0.39, 0.29) is 12.8 Å². The molecule has 6 nitrogen and oxygen atoms in total. The zero-order valence-electron chi connectivity index (χ0n) is 5.79. The first kappa shape index (κ1) is 9.28. The molecule has 0 fully saturated rings. The van der Waals surface area contributed by atoms with Crippen LogP contribution in [-0.4, -0.2) is 24.4 Å². The molecule has 0 radical (unpaired) electrons. The molecule has 0 rings (SSSR count). The standard InChI is InChI=1S/C4H12N4O2/c1-2-5-4(3-9)6-7-8-10/h4-5,9H,2-3H2,1H3,(H,6,8)(H,7,10). The number of nitrogens with one attached hydrogen (secondary N) is 3. The van der Waals surface area contributed by atoms with Crippen LogP contribution in [0.15, 0.2) is 5.29 Å². The number of nitroso groups, excluding NO2 is 1. The average Bonchev–Trinajstić information content (AvgIpc) is 1.98. The van der Waals surface area contributed by atoms with Gasteiger partial charge in [0.2, 0.25) is 0 Å². The van der Waals surface area contributed by atoms with Crippen LogP contribution in [0.3, 0.4) is 0 Å². The first-order valence-electron chi connectivity index (χ1n) is 3.02. The molecule has 0 aliphatic carbocycles. The number of hydrogen-bond donors (Lipinski definition) is 4. The van der Waals surface area contributed by atoms with Crippen molar-refractivity contribution in [3.63, 3.8) is 0 Å². The fourth-order valence-corrected chi connectivity index (χ4v) is 0.512. The van der Waals surface area contributed by atoms with E-state index in [4.69, 9.17) is 5.11 Å². The van der Waals surface area contributed by atoms with Crippen molar-refractivity contribution in [3.05, 3.63) is 4.91 Å². The Morgan fingerprint density at radius 2 is 2.40 bits per heavy atom. The van der Waals surface area contributed by atoms with Crippen LogP contribution in [0.1, 0.15) is 6.92 Å². The summed E-state index contributed by atoms with van der Waals surface area (Å²) in [7, 11) is 0. The van der Waals surface area contributed by atoms with E-state index in [0.717, 1.165) is 0 Å². The maximum absolute atomic E-state index is 9.50. The summed E-state index contributed by atoms with van der Waals surface area (Å²) in [5, 5.41) is 13.8. The van der Waals surface area contributed by atoms with Crippen molar-refractivity contribution in [1.82, 2.24) is 16.3 Å². The van der Waals surface area contributed by atoms with Gasteiger partial charge in [-0.3, -0.25) is 5.32 Å². The van der Waals surface area contributed by atoms with Gasteiger partial charge in [-0.05, 0) is 6.54 Å². The number of aliphatic hydroxyl groups excluding tert-OH is 1. The molecule has 0 aliphatic heterocycles. The molecule has 0 bridgehead atoms. The smallest absolute Gasteiger partial charge is 0.100 e. The van der Waals surface area contributed by atoms with Crippen LogP contribution >= 0.6 is 0 Å². The fourth-order valence-electron chi connectivity index (χ4n) is 0.512. The summed E-state index contributed by atoms with van der Waals surface area (Å²) in [5.74, 6) is 0. The Kier molecular flexibility index (Phi) is 5.94. The zero-order valence-corrected chi connectivity index (χ0v) is 5.79. The second-order valence-corrected chi connectivity index (χ2v) is 1.64. The molecule has 10 heavy (non-hydrogen) atoms. The maximum Gasteiger partial charge on any atom is 0.100 e. The highest BCUT2D eigenvalue weighted by atomic mass is 16.3. The molecule has 0 aromatic heterocycles. The first-order valence-corrected chi connectivity index (χ1v) is 3.02. The normalized spacial score (nSPS) is 12.6. The van der Waals surface area contributed by atoms with E-state index >= 15 is 0 Å². The van der Waals surface area contributed by atoms with Gasteiger partial charge in [-0.15, -0.1) is 4.91 Å². The van der Waals surface area contributed by atoms with Gasteiger partial charge in [-0.2, -0.15) is 5.43 Å². The minimum absolute atomic E-state index is 0.101. The van der Waals surface area contributed by atoms with Crippen LogP contribution in [0.5, 0.6) is 0 Å². The number of aliphatic hydroxyl groups is 1. The predicted octanol–water partition coefficient (Wildman–Crippen LogP) is -1.31. The molecule has 0 aliphatic rings. The summed E-state index contributed by atoms with van der Waals surface area (Å²) in [6, 6.07) is 0. The lowest BCUT2D eigenvalue weighted by molar-refractivity contribution is 0.207. The van der Waals surface area contributed by atoms with E-state index < -0.39 is 0 Å². The molecular formula is C4H12N4O2. The van der Waals surface area contributed by atoms with E-state index in [2.05, 4.69) is 16.0 Å². The molecule has 0 spiro atoms. The van der Waals surface area contributed by atoms with Gasteiger partial charge < -0.3 is 5.11 Å². The third-order valence-electron chi connectivity index (χ3n) is 0.918. The lowest BCUT2D eigenvalue weighted by Crippen LogP contribution is -2.49. The number of hydrazine groups is 1. The Hall–Kier alpha value is -0.720. The lowest BCUT2D eigenvalue weighted by atomic mass is 10.5.